The van der Waals surface area contributed by atoms with Crippen molar-refractivity contribution in [3.63, 3.8) is 0 Å². The summed E-state index contributed by atoms with van der Waals surface area (Å²) in [6, 6.07) is 17.4. The highest BCUT2D eigenvalue weighted by molar-refractivity contribution is 7.80. The van der Waals surface area contributed by atoms with Crippen LogP contribution < -0.4 is 5.32 Å². The maximum Gasteiger partial charge on any atom is 0.336 e. The smallest absolute Gasteiger partial charge is 0.336 e. The van der Waals surface area contributed by atoms with Crippen LogP contribution in [0.4, 0.5) is 0 Å². The molecule has 0 bridgehead atoms. The number of rotatable bonds is 5. The summed E-state index contributed by atoms with van der Waals surface area (Å²) in [5.74, 6) is -0.189. The first kappa shape index (κ1) is 23.7. The maximum absolute atomic E-state index is 11.2. The fourth-order valence-electron chi connectivity index (χ4n) is 3.07. The fourth-order valence-corrected chi connectivity index (χ4v) is 3.45. The molecule has 1 atom stereocenters. The van der Waals surface area contributed by atoms with Crippen LogP contribution in [0.1, 0.15) is 42.3 Å². The molecule has 0 aliphatic carbocycles. The highest BCUT2D eigenvalue weighted by Gasteiger charge is 2.39. The van der Waals surface area contributed by atoms with Crippen molar-refractivity contribution in [3.05, 3.63) is 71.3 Å². The number of carboxylic acids is 1. The van der Waals surface area contributed by atoms with E-state index in [9.17, 15) is 9.90 Å². The van der Waals surface area contributed by atoms with Crippen LogP contribution in [0.2, 0.25) is 0 Å². The van der Waals surface area contributed by atoms with Crippen molar-refractivity contribution in [1.29, 1.82) is 0 Å². The van der Waals surface area contributed by atoms with E-state index in [-0.39, 0.29) is 11.5 Å². The van der Waals surface area contributed by atoms with Crippen LogP contribution in [0.15, 0.2) is 59.6 Å². The van der Waals surface area contributed by atoms with E-state index >= 15 is 0 Å². The number of hydrogen-bond acceptors (Lipinski definition) is 3. The van der Waals surface area contributed by atoms with Gasteiger partial charge in [0.1, 0.15) is 22.9 Å². The number of carboxylic acid groups (broad SMARTS) is 1. The van der Waals surface area contributed by atoms with Crippen molar-refractivity contribution in [2.75, 3.05) is 21.1 Å². The molecule has 5 nitrogen and oxygen atoms in total. The van der Waals surface area contributed by atoms with E-state index < -0.39 is 11.5 Å². The number of aromatic carboxylic acids is 1. The van der Waals surface area contributed by atoms with Gasteiger partial charge in [-0.05, 0) is 18.9 Å². The number of nitrogens with one attached hydrogen (secondary N) is 1. The molecule has 1 aliphatic rings. The summed E-state index contributed by atoms with van der Waals surface area (Å²) >= 11 is 5.34. The van der Waals surface area contributed by atoms with E-state index in [0.29, 0.717) is 16.4 Å². The summed E-state index contributed by atoms with van der Waals surface area (Å²) in [7, 11) is 6.60. The molecule has 3 rings (SSSR count). The molecule has 0 aromatic heterocycles. The number of benzene rings is 2. The number of amidine groups is 1. The molecule has 160 valence electrons. The molecule has 0 spiro atoms. The predicted octanol–water partition coefficient (Wildman–Crippen LogP) is 4.37. The monoisotopic (exact) mass is 426 g/mol. The Morgan fingerprint density at radius 1 is 1.10 bits per heavy atom. The molecule has 1 heterocycles. The predicted molar refractivity (Wildman–Crippen MR) is 127 cm³/mol. The molecule has 1 aliphatic heterocycles. The zero-order chi connectivity index (χ0) is 22.5. The van der Waals surface area contributed by atoms with Gasteiger partial charge in [0, 0.05) is 11.1 Å². The van der Waals surface area contributed by atoms with Gasteiger partial charge in [-0.15, -0.1) is 0 Å². The number of aliphatic imine (C=N–C) groups is 1. The van der Waals surface area contributed by atoms with E-state index in [1.165, 1.54) is 5.56 Å². The molecule has 30 heavy (non-hydrogen) atoms. The Hall–Kier alpha value is -2.57. The van der Waals surface area contributed by atoms with E-state index in [4.69, 9.17) is 12.2 Å². The molecule has 2 aromatic carbocycles. The molecule has 0 saturated carbocycles. The van der Waals surface area contributed by atoms with Crippen molar-refractivity contribution in [1.82, 2.24) is 5.32 Å². The molecule has 0 fully saturated rings. The standard InChI is InChI=1S/C14H16N2O2S.C10H16N/c1-8(2)14(3)13(19)15-11(16-14)9-6-4-5-7-10(9)12(17)18;1-11(2,3)9-10-7-5-4-6-8-10/h4-8H,1-3H3,(H,17,18)(H,15,16,19);4-8H,9H2,1-3H3/q;+1. The van der Waals surface area contributed by atoms with E-state index in [2.05, 4.69) is 61.8 Å². The lowest BCUT2D eigenvalue weighted by atomic mass is 9.90. The van der Waals surface area contributed by atoms with E-state index in [1.54, 1.807) is 24.3 Å². The first-order chi connectivity index (χ1) is 13.9. The number of quaternary nitrogens is 1. The van der Waals surface area contributed by atoms with Gasteiger partial charge in [0.15, 0.2) is 0 Å². The van der Waals surface area contributed by atoms with Crippen LogP contribution in [0, 0.1) is 5.92 Å². The third-order valence-corrected chi connectivity index (χ3v) is 5.59. The van der Waals surface area contributed by atoms with Gasteiger partial charge in [-0.3, -0.25) is 4.99 Å². The zero-order valence-electron chi connectivity index (χ0n) is 18.6. The van der Waals surface area contributed by atoms with Crippen molar-refractivity contribution >= 4 is 29.0 Å². The van der Waals surface area contributed by atoms with Crippen LogP contribution in [0.3, 0.4) is 0 Å². The summed E-state index contributed by atoms with van der Waals surface area (Å²) in [4.78, 5) is 16.5. The third-order valence-electron chi connectivity index (χ3n) is 5.07. The zero-order valence-corrected chi connectivity index (χ0v) is 19.5. The van der Waals surface area contributed by atoms with Crippen LogP contribution in [0.5, 0.6) is 0 Å². The summed E-state index contributed by atoms with van der Waals surface area (Å²) in [5.41, 5.74) is 1.72. The van der Waals surface area contributed by atoms with Crippen LogP contribution >= 0.6 is 12.2 Å². The van der Waals surface area contributed by atoms with Gasteiger partial charge < -0.3 is 14.9 Å². The van der Waals surface area contributed by atoms with Crippen LogP contribution in [0.25, 0.3) is 0 Å². The first-order valence-corrected chi connectivity index (χ1v) is 10.4. The topological polar surface area (TPSA) is 61.7 Å². The summed E-state index contributed by atoms with van der Waals surface area (Å²) < 4.78 is 0.990. The second kappa shape index (κ2) is 9.49. The Labute approximate surface area is 185 Å². The number of carbonyl (C=O) groups is 1. The van der Waals surface area contributed by atoms with Gasteiger partial charge >= 0.3 is 5.97 Å². The van der Waals surface area contributed by atoms with Gasteiger partial charge in [0.05, 0.1) is 26.7 Å². The lowest BCUT2D eigenvalue weighted by molar-refractivity contribution is -0.884. The fraction of sp³-hybridized carbons (Fsp3) is 0.375. The van der Waals surface area contributed by atoms with Crippen molar-refractivity contribution in [2.24, 2.45) is 10.9 Å². The van der Waals surface area contributed by atoms with Gasteiger partial charge in [0.25, 0.3) is 0 Å². The normalized spacial score (nSPS) is 18.4. The number of hydrogen-bond donors (Lipinski definition) is 2. The Bertz CT molecular complexity index is 933. The second-order valence-corrected chi connectivity index (χ2v) is 9.41. The third kappa shape index (κ3) is 5.97. The summed E-state index contributed by atoms with van der Waals surface area (Å²) in [6.07, 6.45) is 0. The molecular formula is C24H32N3O2S+. The summed E-state index contributed by atoms with van der Waals surface area (Å²) in [5, 5.41) is 12.3. The van der Waals surface area contributed by atoms with Gasteiger partial charge in [-0.25, -0.2) is 4.79 Å². The Morgan fingerprint density at radius 2 is 1.67 bits per heavy atom. The Morgan fingerprint density at radius 3 is 2.17 bits per heavy atom. The molecule has 6 heteroatoms. The SMILES string of the molecule is CC(C)C1(C)N=C(c2ccccc2C(=O)O)NC1=S.C[N+](C)(C)Cc1ccccc1. The van der Waals surface area contributed by atoms with Crippen LogP contribution in [-0.2, 0) is 6.54 Å². The van der Waals surface area contributed by atoms with Crippen molar-refractivity contribution < 1.29 is 14.4 Å². The molecular weight excluding hydrogens is 394 g/mol. The molecule has 0 radical (unpaired) electrons. The quantitative estimate of drug-likeness (QED) is 0.551. The highest BCUT2D eigenvalue weighted by Crippen LogP contribution is 2.28. The van der Waals surface area contributed by atoms with Gasteiger partial charge in [-0.1, -0.05) is 74.6 Å². The largest absolute Gasteiger partial charge is 0.478 e. The average Bonchev–Trinajstić information content (AvgIpc) is 2.98. The molecule has 2 N–H and O–H groups in total. The molecule has 2 aromatic rings. The minimum absolute atomic E-state index is 0.226. The molecule has 0 saturated heterocycles. The Balaban J connectivity index is 0.000000248. The lowest BCUT2D eigenvalue weighted by Gasteiger charge is -2.24. The minimum Gasteiger partial charge on any atom is -0.478 e. The minimum atomic E-state index is -0.968. The van der Waals surface area contributed by atoms with Crippen molar-refractivity contribution in [2.45, 2.75) is 32.9 Å². The van der Waals surface area contributed by atoms with Crippen LogP contribution in [-0.4, -0.2) is 53.1 Å². The first-order valence-electron chi connectivity index (χ1n) is 10.0. The number of nitrogens with zero attached hydrogens (tertiary/aromatic N) is 2. The maximum atomic E-state index is 11.2. The van der Waals surface area contributed by atoms with E-state index in [1.807, 2.05) is 20.8 Å². The van der Waals surface area contributed by atoms with Gasteiger partial charge in [0.2, 0.25) is 0 Å². The molecule has 0 amide bonds. The van der Waals surface area contributed by atoms with E-state index in [0.717, 1.165) is 11.0 Å². The highest BCUT2D eigenvalue weighted by atomic mass is 32.1. The lowest BCUT2D eigenvalue weighted by Crippen LogP contribution is -2.39. The van der Waals surface area contributed by atoms with Crippen molar-refractivity contribution in [3.8, 4) is 0 Å². The molecule has 1 unspecified atom stereocenters. The Kier molecular flexibility index (Phi) is 7.50. The van der Waals surface area contributed by atoms with Gasteiger partial charge in [-0.2, -0.15) is 0 Å². The summed E-state index contributed by atoms with van der Waals surface area (Å²) in [6.45, 7) is 7.15. The second-order valence-electron chi connectivity index (χ2n) is 9.00. The number of thiocarbonyl (C=S) groups is 1. The average molecular weight is 427 g/mol.